The summed E-state index contributed by atoms with van der Waals surface area (Å²) in [6.45, 7) is 0.341. The van der Waals surface area contributed by atoms with E-state index in [9.17, 15) is 0 Å². The van der Waals surface area contributed by atoms with Gasteiger partial charge in [-0.05, 0) is 24.3 Å². The van der Waals surface area contributed by atoms with Crippen molar-refractivity contribution >= 4 is 0 Å². The Morgan fingerprint density at radius 2 is 1.52 bits per heavy atom. The van der Waals surface area contributed by atoms with Crippen molar-refractivity contribution in [2.75, 3.05) is 13.7 Å². The highest BCUT2D eigenvalue weighted by atomic mass is 16.8. The molecule has 5 heterocycles. The van der Waals surface area contributed by atoms with Crippen molar-refractivity contribution in [3.8, 4) is 0 Å². The molecule has 2 aromatic rings. The molecule has 0 bridgehead atoms. The Morgan fingerprint density at radius 1 is 0.840 bits per heavy atom. The molecule has 0 spiro atoms. The van der Waals surface area contributed by atoms with Gasteiger partial charge in [-0.15, -0.1) is 0 Å². The fourth-order valence-electron chi connectivity index (χ4n) is 3.48. The number of rotatable bonds is 3. The van der Waals surface area contributed by atoms with Gasteiger partial charge in [0.1, 0.15) is 24.4 Å². The normalized spacial score (nSPS) is 40.6. The van der Waals surface area contributed by atoms with Gasteiger partial charge in [-0.1, -0.05) is 0 Å². The van der Waals surface area contributed by atoms with E-state index in [0.717, 1.165) is 0 Å². The highest BCUT2D eigenvalue weighted by Crippen LogP contribution is 2.43. The molecule has 0 aliphatic carbocycles. The Morgan fingerprint density at radius 3 is 2.20 bits per heavy atom. The van der Waals surface area contributed by atoms with Crippen molar-refractivity contribution in [2.24, 2.45) is 0 Å². The lowest BCUT2D eigenvalue weighted by atomic mass is 9.98. The smallest absolute Gasteiger partial charge is 0.218 e. The van der Waals surface area contributed by atoms with E-state index in [1.54, 1.807) is 37.8 Å². The summed E-state index contributed by atoms with van der Waals surface area (Å²) in [6.07, 6.45) is -0.150. The average molecular weight is 350 g/mol. The fraction of sp³-hybridized carbons (Fsp3) is 0.529. The standard InChI is InChI=1S/C17H18O8/c1-18-17-14-13(24-16(25-14)10-5-3-7-20-10)12-11(22-17)8-21-15(23-12)9-4-2-6-19-9/h2-7,11-17H,8H2,1H3. The first-order valence-corrected chi connectivity index (χ1v) is 8.16. The third kappa shape index (κ3) is 2.62. The summed E-state index contributed by atoms with van der Waals surface area (Å²) >= 11 is 0. The molecule has 0 aromatic carbocycles. The van der Waals surface area contributed by atoms with Crippen LogP contribution in [0.15, 0.2) is 45.6 Å². The molecule has 2 aromatic heterocycles. The minimum Gasteiger partial charge on any atom is -0.464 e. The first kappa shape index (κ1) is 15.6. The molecular weight excluding hydrogens is 332 g/mol. The molecule has 25 heavy (non-hydrogen) atoms. The molecule has 0 saturated carbocycles. The minimum atomic E-state index is -0.626. The van der Waals surface area contributed by atoms with Crippen LogP contribution in [0.25, 0.3) is 0 Å². The second kappa shape index (κ2) is 6.24. The SMILES string of the molecule is COC1OC2COC(c3ccco3)OC2C2OC(c3ccco3)OC12. The zero-order valence-electron chi connectivity index (χ0n) is 13.5. The molecule has 7 unspecified atom stereocenters. The van der Waals surface area contributed by atoms with E-state index in [2.05, 4.69) is 0 Å². The van der Waals surface area contributed by atoms with E-state index in [4.69, 9.17) is 37.3 Å². The lowest BCUT2D eigenvalue weighted by Crippen LogP contribution is -2.61. The third-order valence-corrected chi connectivity index (χ3v) is 4.63. The van der Waals surface area contributed by atoms with Gasteiger partial charge in [-0.3, -0.25) is 0 Å². The molecular formula is C17H18O8. The van der Waals surface area contributed by atoms with Crippen LogP contribution in [0.1, 0.15) is 24.1 Å². The Hall–Kier alpha value is -1.68. The summed E-state index contributed by atoms with van der Waals surface area (Å²) in [6, 6.07) is 7.19. The summed E-state index contributed by atoms with van der Waals surface area (Å²) in [4.78, 5) is 0. The second-order valence-electron chi connectivity index (χ2n) is 6.11. The maximum Gasteiger partial charge on any atom is 0.218 e. The van der Waals surface area contributed by atoms with E-state index in [1.165, 1.54) is 0 Å². The molecule has 8 nitrogen and oxygen atoms in total. The second-order valence-corrected chi connectivity index (χ2v) is 6.11. The van der Waals surface area contributed by atoms with Crippen LogP contribution in [0.4, 0.5) is 0 Å². The molecule has 8 heteroatoms. The predicted molar refractivity (Wildman–Crippen MR) is 79.1 cm³/mol. The summed E-state index contributed by atoms with van der Waals surface area (Å²) < 4.78 is 46.0. The highest BCUT2D eigenvalue weighted by molar-refractivity contribution is 5.06. The molecule has 0 N–H and O–H groups in total. The maximum absolute atomic E-state index is 6.09. The maximum atomic E-state index is 6.09. The molecule has 3 aliphatic rings. The first-order chi connectivity index (χ1) is 12.3. The van der Waals surface area contributed by atoms with Crippen molar-refractivity contribution in [1.29, 1.82) is 0 Å². The first-order valence-electron chi connectivity index (χ1n) is 8.16. The third-order valence-electron chi connectivity index (χ3n) is 4.63. The summed E-state index contributed by atoms with van der Waals surface area (Å²) in [7, 11) is 1.57. The molecule has 3 saturated heterocycles. The van der Waals surface area contributed by atoms with Crippen molar-refractivity contribution in [3.05, 3.63) is 48.3 Å². The number of ether oxygens (including phenoxy) is 6. The number of methoxy groups -OCH3 is 1. The van der Waals surface area contributed by atoms with Gasteiger partial charge in [0, 0.05) is 7.11 Å². The van der Waals surface area contributed by atoms with Gasteiger partial charge < -0.3 is 37.3 Å². The van der Waals surface area contributed by atoms with Crippen LogP contribution in [0, 0.1) is 0 Å². The number of hydrogen-bond acceptors (Lipinski definition) is 8. The highest BCUT2D eigenvalue weighted by Gasteiger charge is 2.56. The van der Waals surface area contributed by atoms with Gasteiger partial charge >= 0.3 is 0 Å². The molecule has 5 rings (SSSR count). The topological polar surface area (TPSA) is 81.7 Å². The fourth-order valence-corrected chi connectivity index (χ4v) is 3.48. The van der Waals surface area contributed by atoms with E-state index in [1.807, 2.05) is 6.07 Å². The molecule has 3 aliphatic heterocycles. The van der Waals surface area contributed by atoms with Gasteiger partial charge in [-0.25, -0.2) is 0 Å². The van der Waals surface area contributed by atoms with Gasteiger partial charge in [0.05, 0.1) is 19.1 Å². The largest absolute Gasteiger partial charge is 0.464 e. The molecule has 134 valence electrons. The minimum absolute atomic E-state index is 0.323. The van der Waals surface area contributed by atoms with Crippen molar-refractivity contribution < 1.29 is 37.3 Å². The van der Waals surface area contributed by atoms with E-state index >= 15 is 0 Å². The van der Waals surface area contributed by atoms with Crippen LogP contribution >= 0.6 is 0 Å². The van der Waals surface area contributed by atoms with Crippen LogP contribution < -0.4 is 0 Å². The number of hydrogen-bond donors (Lipinski definition) is 0. The van der Waals surface area contributed by atoms with Gasteiger partial charge in [0.2, 0.25) is 12.6 Å². The van der Waals surface area contributed by atoms with E-state index in [-0.39, 0.29) is 18.3 Å². The van der Waals surface area contributed by atoms with Gasteiger partial charge in [0.25, 0.3) is 0 Å². The predicted octanol–water partition coefficient (Wildman–Crippen LogP) is 2.14. The van der Waals surface area contributed by atoms with Crippen LogP contribution in [0.3, 0.4) is 0 Å². The van der Waals surface area contributed by atoms with E-state index < -0.39 is 25.0 Å². The van der Waals surface area contributed by atoms with Crippen LogP contribution in [0.2, 0.25) is 0 Å². The van der Waals surface area contributed by atoms with Crippen molar-refractivity contribution in [2.45, 2.75) is 43.3 Å². The Balaban J connectivity index is 1.40. The zero-order valence-corrected chi connectivity index (χ0v) is 13.5. The molecule has 0 radical (unpaired) electrons. The van der Waals surface area contributed by atoms with Crippen LogP contribution in [0.5, 0.6) is 0 Å². The lowest BCUT2D eigenvalue weighted by molar-refractivity contribution is -0.346. The van der Waals surface area contributed by atoms with Crippen molar-refractivity contribution in [1.82, 2.24) is 0 Å². The Bertz CT molecular complexity index is 684. The summed E-state index contributed by atoms with van der Waals surface area (Å²) in [5.74, 6) is 1.20. The molecule has 7 atom stereocenters. The Kier molecular flexibility index (Phi) is 3.89. The average Bonchev–Trinajstić information content (AvgIpc) is 3.41. The number of furan rings is 2. The number of fused-ring (bicyclic) bond motifs is 3. The monoisotopic (exact) mass is 350 g/mol. The van der Waals surface area contributed by atoms with Gasteiger partial charge in [-0.2, -0.15) is 0 Å². The summed E-state index contributed by atoms with van der Waals surface area (Å²) in [5, 5.41) is 0. The quantitative estimate of drug-likeness (QED) is 0.833. The molecule has 3 fully saturated rings. The van der Waals surface area contributed by atoms with Gasteiger partial charge in [0.15, 0.2) is 17.8 Å². The lowest BCUT2D eigenvalue weighted by Gasteiger charge is -2.45. The summed E-state index contributed by atoms with van der Waals surface area (Å²) in [5.41, 5.74) is 0. The Labute approximate surface area is 143 Å². The zero-order chi connectivity index (χ0) is 16.8. The molecule has 0 amide bonds. The van der Waals surface area contributed by atoms with Crippen LogP contribution in [-0.4, -0.2) is 44.4 Å². The van der Waals surface area contributed by atoms with E-state index in [0.29, 0.717) is 18.1 Å². The van der Waals surface area contributed by atoms with Crippen LogP contribution in [-0.2, 0) is 28.4 Å². The van der Waals surface area contributed by atoms with Crippen molar-refractivity contribution in [3.63, 3.8) is 0 Å².